The zero-order valence-electron chi connectivity index (χ0n) is 26.3. The summed E-state index contributed by atoms with van der Waals surface area (Å²) < 4.78 is 31.9. The van der Waals surface area contributed by atoms with E-state index in [1.54, 1.807) is 7.11 Å². The monoisotopic (exact) mass is 621 g/mol. The van der Waals surface area contributed by atoms with Gasteiger partial charge in [0.1, 0.15) is 24.4 Å². The number of hydrogen-bond acceptors (Lipinski definition) is 6. The molecule has 4 aromatic rings. The quantitative estimate of drug-likeness (QED) is 0.108. The molecule has 0 aromatic heterocycles. The van der Waals surface area contributed by atoms with Crippen molar-refractivity contribution in [2.24, 2.45) is 0 Å². The van der Waals surface area contributed by atoms with E-state index in [0.29, 0.717) is 25.4 Å². The lowest BCUT2D eigenvalue weighted by molar-refractivity contribution is -0.315. The zero-order valence-corrected chi connectivity index (χ0v) is 26.3. The molecule has 1 saturated heterocycles. The van der Waals surface area contributed by atoms with E-state index < -0.39 is 30.7 Å². The smallest absolute Gasteiger partial charge is 0.251 e. The fourth-order valence-electron chi connectivity index (χ4n) is 5.55. The molecule has 240 valence electrons. The van der Waals surface area contributed by atoms with Gasteiger partial charge in [0.15, 0.2) is 6.29 Å². The van der Waals surface area contributed by atoms with Gasteiger partial charge in [0, 0.05) is 25.8 Å². The number of carbonyl (C=O) groups excluding carboxylic acids is 1. The molecule has 1 aliphatic heterocycles. The third kappa shape index (κ3) is 9.22. The van der Waals surface area contributed by atoms with Crippen LogP contribution in [0.15, 0.2) is 128 Å². The van der Waals surface area contributed by atoms with Crippen LogP contribution in [0.3, 0.4) is 0 Å². The molecule has 1 amide bonds. The molecule has 7 heteroatoms. The lowest BCUT2D eigenvalue weighted by atomic mass is 9.97. The molecule has 1 heterocycles. The number of hydrogen-bond donors (Lipinski definition) is 1. The average Bonchev–Trinajstić information content (AvgIpc) is 3.12. The van der Waals surface area contributed by atoms with Gasteiger partial charge in [-0.3, -0.25) is 4.79 Å². The molecule has 1 fully saturated rings. The Hall–Kier alpha value is -4.11. The van der Waals surface area contributed by atoms with Crippen molar-refractivity contribution >= 4 is 5.91 Å². The lowest BCUT2D eigenvalue weighted by Gasteiger charge is -2.45. The number of carbonyl (C=O) groups is 1. The molecule has 0 saturated carbocycles. The van der Waals surface area contributed by atoms with Crippen LogP contribution in [0.4, 0.5) is 0 Å². The number of unbranched alkanes of at least 4 members (excludes halogenated alkanes) is 1. The maximum atomic E-state index is 13.4. The standard InChI is InChI=1S/C39H43NO6/c1-3-4-14-24-43-35-34(26-40-38(41)33-23-15-22-32(25-33)31-20-12-7-13-21-31)46-39(42-2)37(45-28-30-18-10-6-11-19-30)36(35)44-27-29-16-8-5-9-17-29/h3,5-13,15-23,25,34-37,39H,1,4,14,24,26-28H2,2H3,(H,40,41)/t34-,35?,36+,37?,39?/m1/s1. The second kappa shape index (κ2) is 17.5. The number of rotatable bonds is 16. The summed E-state index contributed by atoms with van der Waals surface area (Å²) in [6.45, 7) is 5.20. The number of methoxy groups -OCH3 is 1. The van der Waals surface area contributed by atoms with Gasteiger partial charge in [-0.1, -0.05) is 109 Å². The molecule has 46 heavy (non-hydrogen) atoms. The Balaban J connectivity index is 1.36. The Kier molecular flexibility index (Phi) is 12.7. The average molecular weight is 622 g/mol. The first-order valence-corrected chi connectivity index (χ1v) is 15.8. The maximum absolute atomic E-state index is 13.4. The largest absolute Gasteiger partial charge is 0.373 e. The number of ether oxygens (including phenoxy) is 5. The molecule has 1 N–H and O–H groups in total. The fraction of sp³-hybridized carbons (Fsp3) is 0.308. The van der Waals surface area contributed by atoms with Crippen LogP contribution in [-0.2, 0) is 36.9 Å². The topological polar surface area (TPSA) is 75.2 Å². The predicted molar refractivity (Wildman–Crippen MR) is 179 cm³/mol. The van der Waals surface area contributed by atoms with Gasteiger partial charge >= 0.3 is 0 Å². The van der Waals surface area contributed by atoms with Crippen molar-refractivity contribution in [3.63, 3.8) is 0 Å². The minimum atomic E-state index is -0.749. The Morgan fingerprint density at radius 3 is 2.00 bits per heavy atom. The summed E-state index contributed by atoms with van der Waals surface area (Å²) in [5.74, 6) is -0.204. The summed E-state index contributed by atoms with van der Waals surface area (Å²) in [7, 11) is 1.59. The number of allylic oxidation sites excluding steroid dienone is 1. The summed E-state index contributed by atoms with van der Waals surface area (Å²) in [5.41, 5.74) is 4.62. The summed E-state index contributed by atoms with van der Waals surface area (Å²) >= 11 is 0. The van der Waals surface area contributed by atoms with Crippen LogP contribution in [0.1, 0.15) is 34.3 Å². The number of benzene rings is 4. The molecule has 3 unspecified atom stereocenters. The van der Waals surface area contributed by atoms with E-state index in [-0.39, 0.29) is 12.5 Å². The molecule has 5 rings (SSSR count). The SMILES string of the molecule is C=CCCCOC1[C@H](OCc2ccccc2)C(OCc2ccccc2)C(OC)O[C@@H]1CNC(=O)c1cccc(-c2ccccc2)c1. The zero-order chi connectivity index (χ0) is 32.0. The molecule has 0 bridgehead atoms. The van der Waals surface area contributed by atoms with Gasteiger partial charge in [0.25, 0.3) is 5.91 Å². The Labute approximate surface area is 272 Å². The summed E-state index contributed by atoms with van der Waals surface area (Å²) in [5, 5.41) is 3.08. The van der Waals surface area contributed by atoms with Crippen LogP contribution in [0.2, 0.25) is 0 Å². The lowest BCUT2D eigenvalue weighted by Crippen LogP contribution is -2.62. The molecule has 5 atom stereocenters. The fourth-order valence-corrected chi connectivity index (χ4v) is 5.55. The van der Waals surface area contributed by atoms with Gasteiger partial charge < -0.3 is 29.0 Å². The van der Waals surface area contributed by atoms with Crippen molar-refractivity contribution in [1.29, 1.82) is 0 Å². The van der Waals surface area contributed by atoms with Crippen LogP contribution in [0.5, 0.6) is 0 Å². The normalized spacial score (nSPS) is 21.0. The highest BCUT2D eigenvalue weighted by Gasteiger charge is 2.48. The van der Waals surface area contributed by atoms with Gasteiger partial charge in [-0.25, -0.2) is 0 Å². The Bertz CT molecular complexity index is 1480. The van der Waals surface area contributed by atoms with E-state index in [1.807, 2.05) is 121 Å². The molecule has 7 nitrogen and oxygen atoms in total. The molecular weight excluding hydrogens is 578 g/mol. The van der Waals surface area contributed by atoms with Gasteiger partial charge in [0.05, 0.1) is 13.2 Å². The van der Waals surface area contributed by atoms with Crippen LogP contribution >= 0.6 is 0 Å². The van der Waals surface area contributed by atoms with Crippen molar-refractivity contribution in [1.82, 2.24) is 5.32 Å². The van der Waals surface area contributed by atoms with Gasteiger partial charge in [-0.2, -0.15) is 0 Å². The third-order valence-electron chi connectivity index (χ3n) is 7.95. The molecule has 1 aliphatic rings. The summed E-state index contributed by atoms with van der Waals surface area (Å²) in [6.07, 6.45) is 0.488. The highest BCUT2D eigenvalue weighted by atomic mass is 16.7. The summed E-state index contributed by atoms with van der Waals surface area (Å²) in [6, 6.07) is 37.5. The second-order valence-corrected chi connectivity index (χ2v) is 11.2. The van der Waals surface area contributed by atoms with Gasteiger partial charge in [-0.15, -0.1) is 6.58 Å². The van der Waals surface area contributed by atoms with E-state index >= 15 is 0 Å². The van der Waals surface area contributed by atoms with Gasteiger partial charge in [0.2, 0.25) is 0 Å². The molecule has 0 radical (unpaired) electrons. The second-order valence-electron chi connectivity index (χ2n) is 11.2. The van der Waals surface area contributed by atoms with E-state index in [4.69, 9.17) is 23.7 Å². The van der Waals surface area contributed by atoms with E-state index in [2.05, 4.69) is 11.9 Å². The van der Waals surface area contributed by atoms with Crippen molar-refractivity contribution in [2.45, 2.75) is 56.8 Å². The van der Waals surface area contributed by atoms with Crippen molar-refractivity contribution in [3.05, 3.63) is 145 Å². The summed E-state index contributed by atoms with van der Waals surface area (Å²) in [4.78, 5) is 13.4. The van der Waals surface area contributed by atoms with Crippen molar-refractivity contribution in [3.8, 4) is 11.1 Å². The number of amides is 1. The third-order valence-corrected chi connectivity index (χ3v) is 7.95. The first-order valence-electron chi connectivity index (χ1n) is 15.8. The van der Waals surface area contributed by atoms with E-state index in [9.17, 15) is 4.79 Å². The van der Waals surface area contributed by atoms with Crippen molar-refractivity contribution < 1.29 is 28.5 Å². The molecule has 0 spiro atoms. The van der Waals surface area contributed by atoms with Crippen LogP contribution in [-0.4, -0.2) is 56.9 Å². The Morgan fingerprint density at radius 2 is 1.37 bits per heavy atom. The number of nitrogens with one attached hydrogen (secondary N) is 1. The highest BCUT2D eigenvalue weighted by molar-refractivity contribution is 5.95. The Morgan fingerprint density at radius 1 is 0.761 bits per heavy atom. The van der Waals surface area contributed by atoms with E-state index in [1.165, 1.54) is 0 Å². The van der Waals surface area contributed by atoms with Crippen LogP contribution in [0.25, 0.3) is 11.1 Å². The molecular formula is C39H43NO6. The van der Waals surface area contributed by atoms with Crippen molar-refractivity contribution in [2.75, 3.05) is 20.3 Å². The van der Waals surface area contributed by atoms with Crippen LogP contribution in [0, 0.1) is 0 Å². The predicted octanol–water partition coefficient (Wildman–Crippen LogP) is 6.98. The molecule has 4 aromatic carbocycles. The highest BCUT2D eigenvalue weighted by Crippen LogP contribution is 2.30. The van der Waals surface area contributed by atoms with Crippen LogP contribution < -0.4 is 5.32 Å². The first kappa shape index (κ1) is 33.3. The maximum Gasteiger partial charge on any atom is 0.251 e. The molecule has 0 aliphatic carbocycles. The first-order chi connectivity index (χ1) is 22.7. The minimum Gasteiger partial charge on any atom is -0.373 e. The van der Waals surface area contributed by atoms with Gasteiger partial charge in [-0.05, 0) is 47.2 Å². The minimum absolute atomic E-state index is 0.191. The van der Waals surface area contributed by atoms with E-state index in [0.717, 1.165) is 35.1 Å².